The predicted octanol–water partition coefficient (Wildman–Crippen LogP) is 3.08. The van der Waals surface area contributed by atoms with Gasteiger partial charge in [0.2, 0.25) is 0 Å². The summed E-state index contributed by atoms with van der Waals surface area (Å²) in [6.45, 7) is 3.36. The molecule has 0 saturated carbocycles. The SMILES string of the molecule is C#CCOc1ccccc1CN1CCC(O)(Cn2ccc3ccncc32)CC1. The smallest absolute Gasteiger partial charge is 0.148 e. The van der Waals surface area contributed by atoms with Crippen LogP contribution in [0, 0.1) is 12.3 Å². The number of nitrogens with zero attached hydrogens (tertiary/aromatic N) is 3. The molecule has 0 aliphatic carbocycles. The molecule has 1 fully saturated rings. The van der Waals surface area contributed by atoms with Gasteiger partial charge in [0.05, 0.1) is 23.9 Å². The summed E-state index contributed by atoms with van der Waals surface area (Å²) in [7, 11) is 0. The quantitative estimate of drug-likeness (QED) is 0.673. The van der Waals surface area contributed by atoms with Gasteiger partial charge in [0.1, 0.15) is 12.4 Å². The number of pyridine rings is 1. The highest BCUT2D eigenvalue weighted by Crippen LogP contribution is 2.28. The molecule has 1 aliphatic rings. The van der Waals surface area contributed by atoms with Crippen molar-refractivity contribution in [2.45, 2.75) is 31.5 Å². The van der Waals surface area contributed by atoms with Gasteiger partial charge < -0.3 is 14.4 Å². The zero-order chi connectivity index (χ0) is 19.4. The van der Waals surface area contributed by atoms with E-state index < -0.39 is 5.60 Å². The van der Waals surface area contributed by atoms with Crippen molar-refractivity contribution in [2.75, 3.05) is 19.7 Å². The summed E-state index contributed by atoms with van der Waals surface area (Å²) in [5.74, 6) is 3.36. The van der Waals surface area contributed by atoms with E-state index in [2.05, 4.69) is 32.5 Å². The number of ether oxygens (including phenoxy) is 1. The van der Waals surface area contributed by atoms with Crippen LogP contribution in [0.2, 0.25) is 0 Å². The highest BCUT2D eigenvalue weighted by atomic mass is 16.5. The maximum Gasteiger partial charge on any atom is 0.148 e. The second-order valence-electron chi connectivity index (χ2n) is 7.48. The van der Waals surface area contributed by atoms with Gasteiger partial charge in [-0.2, -0.15) is 0 Å². The Labute approximate surface area is 165 Å². The lowest BCUT2D eigenvalue weighted by atomic mass is 9.91. The number of piperidine rings is 1. The van der Waals surface area contributed by atoms with Gasteiger partial charge in [-0.3, -0.25) is 9.88 Å². The molecule has 3 heterocycles. The van der Waals surface area contributed by atoms with Gasteiger partial charge in [-0.1, -0.05) is 24.1 Å². The highest BCUT2D eigenvalue weighted by Gasteiger charge is 2.33. The van der Waals surface area contributed by atoms with Crippen LogP contribution in [0.15, 0.2) is 55.0 Å². The molecule has 5 nitrogen and oxygen atoms in total. The summed E-state index contributed by atoms with van der Waals surface area (Å²) in [6.07, 6.45) is 12.5. The fraction of sp³-hybridized carbons (Fsp3) is 0.348. The second-order valence-corrected chi connectivity index (χ2v) is 7.48. The van der Waals surface area contributed by atoms with E-state index in [0.717, 1.165) is 54.7 Å². The molecule has 0 atom stereocenters. The molecule has 0 spiro atoms. The average molecular weight is 375 g/mol. The third-order valence-electron chi connectivity index (χ3n) is 5.51. The number of likely N-dealkylation sites (tertiary alicyclic amines) is 1. The first-order valence-corrected chi connectivity index (χ1v) is 9.65. The molecule has 144 valence electrons. The predicted molar refractivity (Wildman–Crippen MR) is 110 cm³/mol. The maximum atomic E-state index is 11.1. The van der Waals surface area contributed by atoms with Gasteiger partial charge >= 0.3 is 0 Å². The van der Waals surface area contributed by atoms with E-state index in [1.165, 1.54) is 0 Å². The molecule has 1 N–H and O–H groups in total. The third-order valence-corrected chi connectivity index (χ3v) is 5.51. The van der Waals surface area contributed by atoms with Gasteiger partial charge in [0.15, 0.2) is 0 Å². The normalized spacial score (nSPS) is 16.7. The van der Waals surface area contributed by atoms with Gasteiger partial charge in [-0.25, -0.2) is 0 Å². The Morgan fingerprint density at radius 1 is 1.18 bits per heavy atom. The summed E-state index contributed by atoms with van der Waals surface area (Å²) in [6, 6.07) is 12.1. The zero-order valence-corrected chi connectivity index (χ0v) is 15.9. The van der Waals surface area contributed by atoms with Gasteiger partial charge in [0, 0.05) is 43.0 Å². The van der Waals surface area contributed by atoms with Crippen molar-refractivity contribution >= 4 is 10.9 Å². The lowest BCUT2D eigenvalue weighted by molar-refractivity contribution is -0.0350. The molecule has 1 saturated heterocycles. The summed E-state index contributed by atoms with van der Waals surface area (Å²) in [5, 5.41) is 12.3. The molecule has 1 aliphatic heterocycles. The molecule has 2 aromatic heterocycles. The molecule has 3 aromatic rings. The molecular weight excluding hydrogens is 350 g/mol. The summed E-state index contributed by atoms with van der Waals surface area (Å²) < 4.78 is 7.77. The molecule has 0 unspecified atom stereocenters. The number of hydrogen-bond acceptors (Lipinski definition) is 4. The number of terminal acetylenes is 1. The minimum Gasteiger partial charge on any atom is -0.481 e. The fourth-order valence-electron chi connectivity index (χ4n) is 3.90. The zero-order valence-electron chi connectivity index (χ0n) is 15.9. The van der Waals surface area contributed by atoms with E-state index in [1.807, 2.05) is 36.7 Å². The minimum atomic E-state index is -0.697. The van der Waals surface area contributed by atoms with Crippen molar-refractivity contribution < 1.29 is 9.84 Å². The molecule has 0 bridgehead atoms. The first-order valence-electron chi connectivity index (χ1n) is 9.65. The number of fused-ring (bicyclic) bond motifs is 1. The van der Waals surface area contributed by atoms with Crippen LogP contribution in [0.3, 0.4) is 0 Å². The monoisotopic (exact) mass is 375 g/mol. The number of rotatable bonds is 6. The Hall–Kier alpha value is -2.81. The first kappa shape index (κ1) is 18.5. The van der Waals surface area contributed by atoms with Crippen molar-refractivity contribution in [2.24, 2.45) is 0 Å². The minimum absolute atomic E-state index is 0.274. The van der Waals surface area contributed by atoms with E-state index in [9.17, 15) is 5.11 Å². The average Bonchev–Trinajstić information content (AvgIpc) is 3.12. The molecule has 28 heavy (non-hydrogen) atoms. The molecule has 0 amide bonds. The van der Waals surface area contributed by atoms with Crippen LogP contribution < -0.4 is 4.74 Å². The summed E-state index contributed by atoms with van der Waals surface area (Å²) in [5.41, 5.74) is 1.50. The maximum absolute atomic E-state index is 11.1. The topological polar surface area (TPSA) is 50.5 Å². The number of aliphatic hydroxyl groups is 1. The van der Waals surface area contributed by atoms with Gasteiger partial charge in [-0.15, -0.1) is 6.42 Å². The molecule has 4 rings (SSSR count). The summed E-state index contributed by atoms with van der Waals surface area (Å²) >= 11 is 0. The highest BCUT2D eigenvalue weighted by molar-refractivity contribution is 5.78. The largest absolute Gasteiger partial charge is 0.481 e. The van der Waals surface area contributed by atoms with Crippen molar-refractivity contribution in [1.29, 1.82) is 0 Å². The van der Waals surface area contributed by atoms with Crippen LogP contribution in [0.5, 0.6) is 5.75 Å². The Morgan fingerprint density at radius 3 is 2.82 bits per heavy atom. The van der Waals surface area contributed by atoms with Crippen LogP contribution in [0.25, 0.3) is 10.9 Å². The van der Waals surface area contributed by atoms with Crippen molar-refractivity contribution in [3.63, 3.8) is 0 Å². The molecule has 5 heteroatoms. The van der Waals surface area contributed by atoms with Crippen molar-refractivity contribution in [1.82, 2.24) is 14.5 Å². The fourth-order valence-corrected chi connectivity index (χ4v) is 3.90. The van der Waals surface area contributed by atoms with E-state index in [0.29, 0.717) is 6.54 Å². The van der Waals surface area contributed by atoms with Gasteiger partial charge in [-0.05, 0) is 31.0 Å². The Kier molecular flexibility index (Phi) is 5.34. The molecular formula is C23H25N3O2. The van der Waals surface area contributed by atoms with Crippen molar-refractivity contribution in [3.05, 3.63) is 60.6 Å². The van der Waals surface area contributed by atoms with E-state index >= 15 is 0 Å². The number of aromatic nitrogens is 2. The third kappa shape index (κ3) is 4.04. The lowest BCUT2D eigenvalue weighted by Gasteiger charge is -2.38. The second kappa shape index (κ2) is 8.05. The first-order chi connectivity index (χ1) is 13.7. The number of hydrogen-bond donors (Lipinski definition) is 1. The molecule has 0 radical (unpaired) electrons. The van der Waals surface area contributed by atoms with E-state index in [1.54, 1.807) is 6.20 Å². The Morgan fingerprint density at radius 2 is 2.00 bits per heavy atom. The number of benzene rings is 1. The van der Waals surface area contributed by atoms with Crippen LogP contribution in [-0.4, -0.2) is 44.9 Å². The standard InChI is InChI=1S/C23H25N3O2/c1-2-15-28-22-6-4-3-5-20(22)17-25-13-9-23(27,10-14-25)18-26-12-8-19-7-11-24-16-21(19)26/h1,3-8,11-12,16,27H,9-10,13-15,17-18H2. The number of para-hydroxylation sites is 1. The van der Waals surface area contributed by atoms with Crippen LogP contribution >= 0.6 is 0 Å². The summed E-state index contributed by atoms with van der Waals surface area (Å²) in [4.78, 5) is 6.58. The Bertz CT molecular complexity index is 981. The molecule has 1 aromatic carbocycles. The van der Waals surface area contributed by atoms with Crippen molar-refractivity contribution in [3.8, 4) is 18.1 Å². The van der Waals surface area contributed by atoms with Crippen LogP contribution in [0.1, 0.15) is 18.4 Å². The van der Waals surface area contributed by atoms with Crippen LogP contribution in [0.4, 0.5) is 0 Å². The van der Waals surface area contributed by atoms with E-state index in [4.69, 9.17) is 11.2 Å². The van der Waals surface area contributed by atoms with Gasteiger partial charge in [0.25, 0.3) is 0 Å². The lowest BCUT2D eigenvalue weighted by Crippen LogP contribution is -2.46. The van der Waals surface area contributed by atoms with Crippen LogP contribution in [-0.2, 0) is 13.1 Å². The van der Waals surface area contributed by atoms with E-state index in [-0.39, 0.29) is 6.61 Å². The Balaban J connectivity index is 1.39.